The number of hydrogen-bond acceptors (Lipinski definition) is 3. The van der Waals surface area contributed by atoms with E-state index in [1.54, 1.807) is 9.80 Å². The Kier molecular flexibility index (Phi) is 4.66. The Balaban J connectivity index is 1.40. The number of benzene rings is 1. The van der Waals surface area contributed by atoms with Gasteiger partial charge in [0.05, 0.1) is 19.3 Å². The van der Waals surface area contributed by atoms with Gasteiger partial charge in [0.15, 0.2) is 0 Å². The number of hydrogen-bond donors (Lipinski definition) is 0. The Morgan fingerprint density at radius 3 is 2.70 bits per heavy atom. The molecule has 5 heteroatoms. The molecule has 0 aliphatic carbocycles. The highest BCUT2D eigenvalue weighted by Crippen LogP contribution is 2.19. The van der Waals surface area contributed by atoms with Crippen molar-refractivity contribution in [1.29, 1.82) is 0 Å². The van der Waals surface area contributed by atoms with Crippen LogP contribution in [-0.4, -0.2) is 53.9 Å². The van der Waals surface area contributed by atoms with Crippen molar-refractivity contribution in [1.82, 2.24) is 9.80 Å². The molecule has 0 bridgehead atoms. The molecule has 2 amide bonds. The number of nitrogens with zero attached hydrogens (tertiary/aromatic N) is 2. The molecule has 0 radical (unpaired) electrons. The molecule has 124 valence electrons. The quantitative estimate of drug-likeness (QED) is 0.829. The first-order chi connectivity index (χ1) is 11.0. The number of amides is 2. The van der Waals surface area contributed by atoms with Crippen molar-refractivity contribution < 1.29 is 14.3 Å². The molecule has 2 aliphatic rings. The molecule has 23 heavy (non-hydrogen) atoms. The van der Waals surface area contributed by atoms with E-state index >= 15 is 0 Å². The number of likely N-dealkylation sites (tertiary alicyclic amines) is 2. The average molecular weight is 316 g/mol. The maximum absolute atomic E-state index is 12.2. The molecule has 1 atom stereocenters. The van der Waals surface area contributed by atoms with Crippen LogP contribution in [0.15, 0.2) is 24.3 Å². The summed E-state index contributed by atoms with van der Waals surface area (Å²) in [5, 5.41) is 0. The summed E-state index contributed by atoms with van der Waals surface area (Å²) in [6.45, 7) is 6.75. The van der Waals surface area contributed by atoms with E-state index in [-0.39, 0.29) is 30.4 Å². The highest BCUT2D eigenvalue weighted by Gasteiger charge is 2.35. The summed E-state index contributed by atoms with van der Waals surface area (Å²) in [5.41, 5.74) is 2.41. The first kappa shape index (κ1) is 16.0. The molecule has 5 nitrogen and oxygen atoms in total. The molecule has 2 heterocycles. The molecular formula is C18H24N2O3. The van der Waals surface area contributed by atoms with Gasteiger partial charge in [0.2, 0.25) is 11.8 Å². The summed E-state index contributed by atoms with van der Waals surface area (Å²) in [4.78, 5) is 27.5. The van der Waals surface area contributed by atoms with Crippen molar-refractivity contribution in [2.45, 2.75) is 33.0 Å². The van der Waals surface area contributed by atoms with Crippen molar-refractivity contribution in [2.24, 2.45) is 5.92 Å². The maximum atomic E-state index is 12.2. The van der Waals surface area contributed by atoms with Gasteiger partial charge in [-0.3, -0.25) is 9.59 Å². The molecule has 3 rings (SSSR count). The largest absolute Gasteiger partial charge is 0.370 e. The molecule has 2 fully saturated rings. The lowest BCUT2D eigenvalue weighted by Crippen LogP contribution is -2.57. The molecule has 1 aromatic carbocycles. The van der Waals surface area contributed by atoms with Gasteiger partial charge in [-0.25, -0.2) is 0 Å². The van der Waals surface area contributed by atoms with Crippen LogP contribution in [0.2, 0.25) is 0 Å². The summed E-state index contributed by atoms with van der Waals surface area (Å²) >= 11 is 0. The van der Waals surface area contributed by atoms with E-state index in [1.807, 2.05) is 19.1 Å². The molecular weight excluding hydrogens is 292 g/mol. The van der Waals surface area contributed by atoms with Gasteiger partial charge < -0.3 is 14.5 Å². The van der Waals surface area contributed by atoms with Gasteiger partial charge in [-0.05, 0) is 24.5 Å². The van der Waals surface area contributed by atoms with Crippen LogP contribution in [0.1, 0.15) is 24.5 Å². The molecule has 1 aromatic rings. The smallest absolute Gasteiger partial charge is 0.242 e. The second-order valence-electron chi connectivity index (χ2n) is 6.61. The lowest BCUT2D eigenvalue weighted by molar-refractivity contribution is -0.149. The number of rotatable bonds is 5. The summed E-state index contributed by atoms with van der Waals surface area (Å²) in [6, 6.07) is 8.17. The van der Waals surface area contributed by atoms with E-state index in [9.17, 15) is 9.59 Å². The van der Waals surface area contributed by atoms with Gasteiger partial charge in [-0.1, -0.05) is 31.2 Å². The number of carbonyl (C=O) groups excluding carboxylic acids is 2. The predicted molar refractivity (Wildman–Crippen MR) is 86.7 cm³/mol. The monoisotopic (exact) mass is 316 g/mol. The van der Waals surface area contributed by atoms with Gasteiger partial charge in [-0.15, -0.1) is 0 Å². The van der Waals surface area contributed by atoms with Crippen molar-refractivity contribution in [3.05, 3.63) is 35.4 Å². The number of carbonyl (C=O) groups is 2. The van der Waals surface area contributed by atoms with Gasteiger partial charge in [0.1, 0.15) is 0 Å². The Bertz CT molecular complexity index is 596. The standard InChI is InChI=1S/C18H24N2O3/c1-13-5-3-4-6-15(13)12-23-16-9-20(10-16)17(21)11-19-8-7-14(2)18(19)22/h3-6,14,16H,7-12H2,1-2H3/t14-/m1/s1. The first-order valence-electron chi connectivity index (χ1n) is 8.27. The van der Waals surface area contributed by atoms with Crippen LogP contribution < -0.4 is 0 Å². The topological polar surface area (TPSA) is 49.9 Å². The van der Waals surface area contributed by atoms with E-state index < -0.39 is 0 Å². The van der Waals surface area contributed by atoms with Gasteiger partial charge in [0, 0.05) is 25.6 Å². The summed E-state index contributed by atoms with van der Waals surface area (Å²) in [5.74, 6) is 0.193. The summed E-state index contributed by atoms with van der Waals surface area (Å²) in [7, 11) is 0. The molecule has 0 spiro atoms. The fraction of sp³-hybridized carbons (Fsp3) is 0.556. The first-order valence-corrected chi connectivity index (χ1v) is 8.27. The highest BCUT2D eigenvalue weighted by atomic mass is 16.5. The summed E-state index contributed by atoms with van der Waals surface area (Å²) in [6.07, 6.45) is 0.959. The van der Waals surface area contributed by atoms with E-state index in [0.29, 0.717) is 26.2 Å². The fourth-order valence-corrected chi connectivity index (χ4v) is 3.04. The molecule has 0 saturated carbocycles. The Hall–Kier alpha value is -1.88. The molecule has 0 aromatic heterocycles. The molecule has 0 N–H and O–H groups in total. The number of ether oxygens (including phenoxy) is 1. The second kappa shape index (κ2) is 6.71. The van der Waals surface area contributed by atoms with Crippen LogP contribution in [-0.2, 0) is 20.9 Å². The van der Waals surface area contributed by atoms with Crippen molar-refractivity contribution in [3.8, 4) is 0 Å². The number of aryl methyl sites for hydroxylation is 1. The zero-order valence-electron chi connectivity index (χ0n) is 13.8. The lowest BCUT2D eigenvalue weighted by Gasteiger charge is -2.39. The molecule has 2 saturated heterocycles. The zero-order chi connectivity index (χ0) is 16.4. The van der Waals surface area contributed by atoms with Crippen LogP contribution in [0.25, 0.3) is 0 Å². The third-order valence-electron chi connectivity index (χ3n) is 4.83. The Morgan fingerprint density at radius 1 is 1.30 bits per heavy atom. The minimum absolute atomic E-state index is 0.0307. The molecule has 2 aliphatic heterocycles. The van der Waals surface area contributed by atoms with E-state index in [4.69, 9.17) is 4.74 Å². The average Bonchev–Trinajstić information content (AvgIpc) is 2.79. The van der Waals surface area contributed by atoms with Crippen molar-refractivity contribution in [2.75, 3.05) is 26.2 Å². The molecule has 0 unspecified atom stereocenters. The minimum atomic E-state index is 0.0307. The van der Waals surface area contributed by atoms with Crippen molar-refractivity contribution in [3.63, 3.8) is 0 Å². The SMILES string of the molecule is Cc1ccccc1COC1CN(C(=O)CN2CC[C@@H](C)C2=O)C1. The van der Waals surface area contributed by atoms with Crippen LogP contribution >= 0.6 is 0 Å². The second-order valence-corrected chi connectivity index (χ2v) is 6.61. The van der Waals surface area contributed by atoms with Gasteiger partial charge >= 0.3 is 0 Å². The van der Waals surface area contributed by atoms with Gasteiger partial charge in [0.25, 0.3) is 0 Å². The van der Waals surface area contributed by atoms with Crippen LogP contribution in [0.5, 0.6) is 0 Å². The zero-order valence-corrected chi connectivity index (χ0v) is 13.8. The van der Waals surface area contributed by atoms with E-state index in [2.05, 4.69) is 19.1 Å². The van der Waals surface area contributed by atoms with Crippen LogP contribution in [0.3, 0.4) is 0 Å². The van der Waals surface area contributed by atoms with E-state index in [1.165, 1.54) is 11.1 Å². The Morgan fingerprint density at radius 2 is 2.04 bits per heavy atom. The third-order valence-corrected chi connectivity index (χ3v) is 4.83. The summed E-state index contributed by atoms with van der Waals surface area (Å²) < 4.78 is 5.86. The predicted octanol–water partition coefficient (Wildman–Crippen LogP) is 1.59. The minimum Gasteiger partial charge on any atom is -0.370 e. The van der Waals surface area contributed by atoms with Crippen LogP contribution in [0.4, 0.5) is 0 Å². The lowest BCUT2D eigenvalue weighted by atomic mass is 10.1. The maximum Gasteiger partial charge on any atom is 0.242 e. The fourth-order valence-electron chi connectivity index (χ4n) is 3.04. The van der Waals surface area contributed by atoms with Crippen molar-refractivity contribution >= 4 is 11.8 Å². The third kappa shape index (κ3) is 3.55. The van der Waals surface area contributed by atoms with Gasteiger partial charge in [-0.2, -0.15) is 0 Å². The van der Waals surface area contributed by atoms with Crippen LogP contribution in [0, 0.1) is 12.8 Å². The Labute approximate surface area is 137 Å². The normalized spacial score (nSPS) is 21.7. The highest BCUT2D eigenvalue weighted by molar-refractivity contribution is 5.87. The van der Waals surface area contributed by atoms with E-state index in [0.717, 1.165) is 6.42 Å².